The van der Waals surface area contributed by atoms with Gasteiger partial charge in [-0.2, -0.15) is 13.2 Å². The number of amides is 1. The van der Waals surface area contributed by atoms with Crippen molar-refractivity contribution >= 4 is 17.8 Å². The Balaban J connectivity index is 0.000000429. The second-order valence-electron chi connectivity index (χ2n) is 8.35. The van der Waals surface area contributed by atoms with E-state index < -0.39 is 18.1 Å². The number of halogens is 4. The summed E-state index contributed by atoms with van der Waals surface area (Å²) in [5, 5.41) is 19.4. The summed E-state index contributed by atoms with van der Waals surface area (Å²) in [7, 11) is 0. The number of benzene rings is 1. The molecule has 9 nitrogen and oxygen atoms in total. The van der Waals surface area contributed by atoms with E-state index in [0.29, 0.717) is 23.8 Å². The first-order chi connectivity index (χ1) is 16.6. The van der Waals surface area contributed by atoms with Gasteiger partial charge in [-0.25, -0.2) is 24.6 Å². The Labute approximate surface area is 198 Å². The maximum absolute atomic E-state index is 13.0. The number of piperidine rings is 1. The van der Waals surface area contributed by atoms with Crippen molar-refractivity contribution < 1.29 is 37.5 Å². The number of carbonyl (C=O) groups excluding carboxylic acids is 1. The summed E-state index contributed by atoms with van der Waals surface area (Å²) in [5.41, 5.74) is 3.01. The Morgan fingerprint density at radius 3 is 2.17 bits per heavy atom. The highest BCUT2D eigenvalue weighted by Crippen LogP contribution is 2.41. The number of carboxylic acid groups (broad SMARTS) is 1. The first-order valence-corrected chi connectivity index (χ1v) is 10.9. The molecule has 1 aliphatic carbocycles. The SMILES string of the molecule is O=C(NO)c1cnc(N2CCC(CN[C@H]3C[C@@H]3c3ccc(F)cc3)CC2)nc1.O=C(O)C(F)(F)F. The predicted molar refractivity (Wildman–Crippen MR) is 115 cm³/mol. The van der Waals surface area contributed by atoms with Gasteiger partial charge in [0.2, 0.25) is 5.95 Å². The molecule has 1 aromatic heterocycles. The zero-order valence-electron chi connectivity index (χ0n) is 18.5. The number of hydroxylamine groups is 1. The lowest BCUT2D eigenvalue weighted by Gasteiger charge is -2.32. The first-order valence-electron chi connectivity index (χ1n) is 10.9. The van der Waals surface area contributed by atoms with Crippen LogP contribution in [0.25, 0.3) is 0 Å². The maximum Gasteiger partial charge on any atom is 0.490 e. The molecular weight excluding hydrogens is 474 g/mol. The summed E-state index contributed by atoms with van der Waals surface area (Å²) >= 11 is 0. The van der Waals surface area contributed by atoms with Crippen LogP contribution in [0.1, 0.15) is 41.1 Å². The molecule has 190 valence electrons. The van der Waals surface area contributed by atoms with Crippen LogP contribution in [0.2, 0.25) is 0 Å². The lowest BCUT2D eigenvalue weighted by Crippen LogP contribution is -2.38. The van der Waals surface area contributed by atoms with Gasteiger partial charge >= 0.3 is 12.1 Å². The number of aliphatic carboxylic acids is 1. The van der Waals surface area contributed by atoms with E-state index in [2.05, 4.69) is 20.2 Å². The molecule has 0 bridgehead atoms. The van der Waals surface area contributed by atoms with Crippen molar-refractivity contribution in [1.82, 2.24) is 20.8 Å². The van der Waals surface area contributed by atoms with Crippen LogP contribution in [0, 0.1) is 11.7 Å². The molecule has 2 atom stereocenters. The summed E-state index contributed by atoms with van der Waals surface area (Å²) in [5.74, 6) is -1.83. The van der Waals surface area contributed by atoms with E-state index in [1.54, 1.807) is 5.48 Å². The zero-order valence-corrected chi connectivity index (χ0v) is 18.5. The number of carbonyl (C=O) groups is 2. The van der Waals surface area contributed by atoms with Crippen LogP contribution in [0.4, 0.5) is 23.5 Å². The molecule has 1 amide bonds. The standard InChI is InChI=1S/C20H24FN5O2.C2HF3O2/c21-16-3-1-14(2-4-16)17-9-18(17)22-10-13-5-7-26(8-6-13)20-23-11-15(12-24-20)19(27)25-28;3-2(4,5)1(6)7/h1-4,11-13,17-18,22,28H,5-10H2,(H,25,27);(H,6,7)/t17-,18+;/m1./s1. The van der Waals surface area contributed by atoms with Crippen molar-refractivity contribution in [3.63, 3.8) is 0 Å². The number of hydrogen-bond donors (Lipinski definition) is 4. The minimum absolute atomic E-state index is 0.184. The van der Waals surface area contributed by atoms with Gasteiger partial charge in [-0.15, -0.1) is 0 Å². The van der Waals surface area contributed by atoms with Crippen LogP contribution in [0.15, 0.2) is 36.7 Å². The third-order valence-electron chi connectivity index (χ3n) is 5.90. The van der Waals surface area contributed by atoms with Gasteiger partial charge in [-0.3, -0.25) is 10.0 Å². The van der Waals surface area contributed by atoms with E-state index >= 15 is 0 Å². The molecule has 35 heavy (non-hydrogen) atoms. The summed E-state index contributed by atoms with van der Waals surface area (Å²) in [4.78, 5) is 30.8. The van der Waals surface area contributed by atoms with Crippen LogP contribution in [-0.2, 0) is 4.79 Å². The molecular formula is C22H25F4N5O4. The number of nitrogens with zero attached hydrogens (tertiary/aromatic N) is 3. The van der Waals surface area contributed by atoms with Crippen LogP contribution in [-0.4, -0.2) is 64.0 Å². The number of anilines is 1. The predicted octanol–water partition coefficient (Wildman–Crippen LogP) is 2.73. The third kappa shape index (κ3) is 7.59. The number of alkyl halides is 3. The zero-order chi connectivity index (χ0) is 25.6. The molecule has 1 aromatic carbocycles. The lowest BCUT2D eigenvalue weighted by molar-refractivity contribution is -0.192. The Morgan fingerprint density at radius 1 is 1.09 bits per heavy atom. The second-order valence-corrected chi connectivity index (χ2v) is 8.35. The molecule has 1 saturated carbocycles. The van der Waals surface area contributed by atoms with Gasteiger partial charge in [0, 0.05) is 37.4 Å². The fraction of sp³-hybridized carbons (Fsp3) is 0.455. The molecule has 1 saturated heterocycles. The van der Waals surface area contributed by atoms with E-state index in [9.17, 15) is 22.4 Å². The normalized spacial score (nSPS) is 20.0. The van der Waals surface area contributed by atoms with Gasteiger partial charge in [0.1, 0.15) is 5.82 Å². The highest BCUT2D eigenvalue weighted by Gasteiger charge is 2.39. The van der Waals surface area contributed by atoms with E-state index in [-0.39, 0.29) is 11.4 Å². The molecule has 0 radical (unpaired) electrons. The molecule has 13 heteroatoms. The van der Waals surface area contributed by atoms with Crippen molar-refractivity contribution in [3.8, 4) is 0 Å². The Hall–Kier alpha value is -3.32. The largest absolute Gasteiger partial charge is 0.490 e. The average Bonchev–Trinajstić information content (AvgIpc) is 3.62. The van der Waals surface area contributed by atoms with Crippen molar-refractivity contribution in [1.29, 1.82) is 0 Å². The molecule has 0 unspecified atom stereocenters. The van der Waals surface area contributed by atoms with Crippen molar-refractivity contribution in [2.45, 2.75) is 37.4 Å². The molecule has 2 aliphatic rings. The Kier molecular flexibility index (Phi) is 8.57. The van der Waals surface area contributed by atoms with Gasteiger partial charge in [0.25, 0.3) is 5.91 Å². The van der Waals surface area contributed by atoms with E-state index in [1.807, 2.05) is 12.1 Å². The second kappa shape index (κ2) is 11.4. The number of rotatable bonds is 6. The fourth-order valence-corrected chi connectivity index (χ4v) is 3.82. The van der Waals surface area contributed by atoms with E-state index in [4.69, 9.17) is 15.1 Å². The molecule has 2 aromatic rings. The van der Waals surface area contributed by atoms with Gasteiger partial charge in [0.15, 0.2) is 0 Å². The third-order valence-corrected chi connectivity index (χ3v) is 5.90. The van der Waals surface area contributed by atoms with Crippen LogP contribution in [0.3, 0.4) is 0 Å². The van der Waals surface area contributed by atoms with Crippen molar-refractivity contribution in [3.05, 3.63) is 53.6 Å². The van der Waals surface area contributed by atoms with Gasteiger partial charge in [0.05, 0.1) is 5.56 Å². The monoisotopic (exact) mass is 499 g/mol. The number of carboxylic acids is 1. The van der Waals surface area contributed by atoms with Crippen molar-refractivity contribution in [2.24, 2.45) is 5.92 Å². The highest BCUT2D eigenvalue weighted by molar-refractivity contribution is 5.92. The van der Waals surface area contributed by atoms with Gasteiger partial charge in [-0.1, -0.05) is 12.1 Å². The van der Waals surface area contributed by atoms with Crippen LogP contribution >= 0.6 is 0 Å². The van der Waals surface area contributed by atoms with E-state index in [1.165, 1.54) is 30.1 Å². The first kappa shape index (κ1) is 26.3. The molecule has 0 spiro atoms. The molecule has 4 rings (SSSR count). The highest BCUT2D eigenvalue weighted by atomic mass is 19.4. The average molecular weight is 499 g/mol. The number of aromatic nitrogens is 2. The molecule has 4 N–H and O–H groups in total. The fourth-order valence-electron chi connectivity index (χ4n) is 3.82. The van der Waals surface area contributed by atoms with E-state index in [0.717, 1.165) is 38.9 Å². The lowest BCUT2D eigenvalue weighted by atomic mass is 9.97. The minimum Gasteiger partial charge on any atom is -0.475 e. The summed E-state index contributed by atoms with van der Waals surface area (Å²) in [6, 6.07) is 7.33. The maximum atomic E-state index is 13.0. The molecule has 2 fully saturated rings. The Morgan fingerprint density at radius 2 is 1.66 bits per heavy atom. The summed E-state index contributed by atoms with van der Waals surface area (Å²) in [6.45, 7) is 2.75. The Bertz CT molecular complexity index is 996. The smallest absolute Gasteiger partial charge is 0.475 e. The topological polar surface area (TPSA) is 128 Å². The number of hydrogen-bond acceptors (Lipinski definition) is 7. The molecule has 2 heterocycles. The van der Waals surface area contributed by atoms with Gasteiger partial charge < -0.3 is 15.3 Å². The molecule has 1 aliphatic heterocycles. The van der Waals surface area contributed by atoms with Crippen LogP contribution in [0.5, 0.6) is 0 Å². The number of nitrogens with one attached hydrogen (secondary N) is 2. The van der Waals surface area contributed by atoms with Gasteiger partial charge in [-0.05, 0) is 49.4 Å². The van der Waals surface area contributed by atoms with Crippen LogP contribution < -0.4 is 15.7 Å². The van der Waals surface area contributed by atoms with Crippen molar-refractivity contribution in [2.75, 3.05) is 24.5 Å². The summed E-state index contributed by atoms with van der Waals surface area (Å²) in [6.07, 6.45) is 0.993. The summed E-state index contributed by atoms with van der Waals surface area (Å²) < 4.78 is 44.8. The quantitative estimate of drug-likeness (QED) is 0.272. The minimum atomic E-state index is -5.08.